The fraction of sp³-hybridized carbons (Fsp3) is 0.407. The van der Waals surface area contributed by atoms with Crippen molar-refractivity contribution in [2.24, 2.45) is 0 Å². The van der Waals surface area contributed by atoms with Gasteiger partial charge in [0.05, 0.1) is 21.4 Å². The summed E-state index contributed by atoms with van der Waals surface area (Å²) in [5.41, 5.74) is -0.896. The molecule has 1 aromatic heterocycles. The maximum Gasteiger partial charge on any atom is 0.422 e. The first-order chi connectivity index (χ1) is 18.4. The van der Waals surface area contributed by atoms with Crippen molar-refractivity contribution >= 4 is 32.2 Å². The van der Waals surface area contributed by atoms with E-state index in [4.69, 9.17) is 4.74 Å². The van der Waals surface area contributed by atoms with Gasteiger partial charge in [-0.15, -0.1) is 0 Å². The normalized spacial score (nSPS) is 17.8. The molecule has 39 heavy (non-hydrogen) atoms. The van der Waals surface area contributed by atoms with Gasteiger partial charge in [-0.25, -0.2) is 12.4 Å². The van der Waals surface area contributed by atoms with Gasteiger partial charge in [-0.3, -0.25) is 10.1 Å². The Morgan fingerprint density at radius 2 is 1.82 bits per heavy atom. The highest BCUT2D eigenvalue weighted by molar-refractivity contribution is 7.90. The van der Waals surface area contributed by atoms with Crippen LogP contribution in [0.5, 0.6) is 5.75 Å². The zero-order valence-electron chi connectivity index (χ0n) is 21.3. The molecule has 0 amide bonds. The van der Waals surface area contributed by atoms with Crippen molar-refractivity contribution in [1.82, 2.24) is 8.87 Å². The van der Waals surface area contributed by atoms with Crippen LogP contribution in [0.15, 0.2) is 53.6 Å². The molecule has 0 radical (unpaired) electrons. The number of nitrogens with zero attached hydrogens (tertiary/aromatic N) is 3. The van der Waals surface area contributed by atoms with E-state index in [9.17, 15) is 31.7 Å². The average Bonchev–Trinajstić information content (AvgIpc) is 3.28. The lowest BCUT2D eigenvalue weighted by Gasteiger charge is -2.23. The molecule has 0 atom stereocenters. The van der Waals surface area contributed by atoms with Crippen LogP contribution in [0, 0.1) is 10.1 Å². The Bertz CT molecular complexity index is 1560. The van der Waals surface area contributed by atoms with Crippen molar-refractivity contribution in [2.45, 2.75) is 55.7 Å². The van der Waals surface area contributed by atoms with Crippen LogP contribution in [0.1, 0.15) is 49.7 Å². The number of halogens is 3. The van der Waals surface area contributed by atoms with Crippen molar-refractivity contribution in [2.75, 3.05) is 20.1 Å². The van der Waals surface area contributed by atoms with Crippen molar-refractivity contribution in [3.63, 3.8) is 0 Å². The molecule has 1 aliphatic carbocycles. The average molecular weight is 564 g/mol. The second-order valence-electron chi connectivity index (χ2n) is 10.1. The maximum absolute atomic E-state index is 13.7. The molecule has 2 aromatic carbocycles. The lowest BCUT2D eigenvalue weighted by atomic mass is 9.97. The highest BCUT2D eigenvalue weighted by Crippen LogP contribution is 2.39. The fourth-order valence-electron chi connectivity index (χ4n) is 5.27. The molecular formula is C27H28F3N3O5S. The molecule has 0 bridgehead atoms. The number of fused-ring (bicyclic) bond motifs is 1. The quantitative estimate of drug-likeness (QED) is 0.261. The molecule has 3 aromatic rings. The van der Waals surface area contributed by atoms with Crippen molar-refractivity contribution in [1.29, 1.82) is 0 Å². The zero-order valence-corrected chi connectivity index (χ0v) is 22.1. The van der Waals surface area contributed by atoms with Crippen LogP contribution in [0.4, 0.5) is 18.9 Å². The molecular weight excluding hydrogens is 535 g/mol. The van der Waals surface area contributed by atoms with Crippen LogP contribution in [0.25, 0.3) is 16.5 Å². The minimum absolute atomic E-state index is 0.0840. The number of ether oxygens (including phenoxy) is 1. The van der Waals surface area contributed by atoms with E-state index in [-0.39, 0.29) is 6.10 Å². The van der Waals surface area contributed by atoms with E-state index in [0.717, 1.165) is 47.8 Å². The Kier molecular flexibility index (Phi) is 7.19. The summed E-state index contributed by atoms with van der Waals surface area (Å²) < 4.78 is 74.7. The molecule has 1 saturated carbocycles. The van der Waals surface area contributed by atoms with Crippen LogP contribution in [0.3, 0.4) is 0 Å². The summed E-state index contributed by atoms with van der Waals surface area (Å²) >= 11 is 0. The first-order valence-electron chi connectivity index (χ1n) is 12.8. The first kappa shape index (κ1) is 27.2. The number of benzene rings is 2. The first-order valence-corrected chi connectivity index (χ1v) is 14.2. The molecule has 5 rings (SSSR count). The van der Waals surface area contributed by atoms with Gasteiger partial charge in [0.1, 0.15) is 11.3 Å². The van der Waals surface area contributed by atoms with Crippen LogP contribution >= 0.6 is 0 Å². The minimum Gasteiger partial charge on any atom is -0.490 e. The third kappa shape index (κ3) is 5.40. The van der Waals surface area contributed by atoms with E-state index >= 15 is 0 Å². The standard InChI is InChI=1S/C27H28F3N3O5S/c1-31-13-11-18(12-14-31)23-17-32(25-10-7-20(15-22(23)25)38-19-5-3-2-4-6-19)39(36,37)21-8-9-24(27(28,29)30)26(16-21)33(34)35/h7-11,15-17,19H,2-6,12-14H2,1H3. The summed E-state index contributed by atoms with van der Waals surface area (Å²) in [5, 5.41) is 12.0. The summed E-state index contributed by atoms with van der Waals surface area (Å²) in [5.74, 6) is 0.615. The van der Waals surface area contributed by atoms with Gasteiger partial charge in [0.25, 0.3) is 15.7 Å². The highest BCUT2D eigenvalue weighted by Gasteiger charge is 2.39. The number of hydrogen-bond acceptors (Lipinski definition) is 6. The molecule has 2 heterocycles. The van der Waals surface area contributed by atoms with Gasteiger partial charge in [-0.05, 0) is 75.1 Å². The van der Waals surface area contributed by atoms with Crippen LogP contribution in [-0.2, 0) is 16.2 Å². The van der Waals surface area contributed by atoms with E-state index in [2.05, 4.69) is 4.90 Å². The molecule has 12 heteroatoms. The van der Waals surface area contributed by atoms with Gasteiger partial charge >= 0.3 is 6.18 Å². The minimum atomic E-state index is -5.01. The topological polar surface area (TPSA) is 94.7 Å². The summed E-state index contributed by atoms with van der Waals surface area (Å²) in [6, 6.07) is 6.77. The lowest BCUT2D eigenvalue weighted by Crippen LogP contribution is -2.23. The summed E-state index contributed by atoms with van der Waals surface area (Å²) in [6.07, 6.45) is 4.48. The molecule has 2 aliphatic rings. The second-order valence-corrected chi connectivity index (χ2v) is 11.9. The zero-order chi connectivity index (χ0) is 27.9. The van der Waals surface area contributed by atoms with Gasteiger partial charge in [0, 0.05) is 36.3 Å². The van der Waals surface area contributed by atoms with E-state index in [1.807, 2.05) is 13.1 Å². The Balaban J connectivity index is 1.63. The predicted octanol–water partition coefficient (Wildman–Crippen LogP) is 6.24. The lowest BCUT2D eigenvalue weighted by molar-refractivity contribution is -0.388. The Labute approximate surface area is 223 Å². The van der Waals surface area contributed by atoms with Crippen molar-refractivity contribution in [3.05, 3.63) is 69.9 Å². The molecule has 8 nitrogen and oxygen atoms in total. The SMILES string of the molecule is CN1CC=C(c2cn(S(=O)(=O)c3ccc(C(F)(F)F)c([N+](=O)[O-])c3)c3ccc(OC4CCCCC4)cc23)CC1. The molecule has 0 spiro atoms. The molecule has 0 saturated heterocycles. The van der Waals surface area contributed by atoms with Crippen LogP contribution in [0.2, 0.25) is 0 Å². The monoisotopic (exact) mass is 563 g/mol. The molecule has 1 aliphatic heterocycles. The summed E-state index contributed by atoms with van der Waals surface area (Å²) in [6.45, 7) is 1.45. The summed E-state index contributed by atoms with van der Waals surface area (Å²) in [4.78, 5) is 11.7. The Morgan fingerprint density at radius 1 is 1.08 bits per heavy atom. The second kappa shape index (κ2) is 10.3. The van der Waals surface area contributed by atoms with Gasteiger partial charge in [0.15, 0.2) is 0 Å². The van der Waals surface area contributed by atoms with E-state index in [1.165, 1.54) is 12.6 Å². The third-order valence-electron chi connectivity index (χ3n) is 7.38. The Hall–Kier alpha value is -3.38. The fourth-order valence-corrected chi connectivity index (χ4v) is 6.66. The van der Waals surface area contributed by atoms with E-state index in [0.29, 0.717) is 47.3 Å². The number of likely N-dealkylation sites (N-methyl/N-ethyl adjacent to an activating group) is 1. The highest BCUT2D eigenvalue weighted by atomic mass is 32.2. The van der Waals surface area contributed by atoms with Gasteiger partial charge < -0.3 is 9.64 Å². The number of nitro benzene ring substituents is 1. The van der Waals surface area contributed by atoms with Crippen LogP contribution < -0.4 is 4.74 Å². The molecule has 208 valence electrons. The number of alkyl halides is 3. The maximum atomic E-state index is 13.7. The van der Waals surface area contributed by atoms with Crippen LogP contribution in [-0.4, -0.2) is 48.5 Å². The summed E-state index contributed by atoms with van der Waals surface area (Å²) in [7, 11) is -2.51. The molecule has 0 N–H and O–H groups in total. The van der Waals surface area contributed by atoms with Gasteiger partial charge in [-0.2, -0.15) is 13.2 Å². The van der Waals surface area contributed by atoms with Gasteiger partial charge in [-0.1, -0.05) is 12.5 Å². The molecule has 1 fully saturated rings. The van der Waals surface area contributed by atoms with Crippen molar-refractivity contribution in [3.8, 4) is 5.75 Å². The number of rotatable bonds is 6. The molecule has 0 unspecified atom stereocenters. The van der Waals surface area contributed by atoms with Crippen molar-refractivity contribution < 1.29 is 31.2 Å². The Morgan fingerprint density at radius 3 is 2.46 bits per heavy atom. The van der Waals surface area contributed by atoms with E-state index < -0.39 is 37.3 Å². The smallest absolute Gasteiger partial charge is 0.422 e. The predicted molar refractivity (Wildman–Crippen MR) is 140 cm³/mol. The van der Waals surface area contributed by atoms with Gasteiger partial charge in [0.2, 0.25) is 0 Å². The number of hydrogen-bond donors (Lipinski definition) is 0. The third-order valence-corrected chi connectivity index (χ3v) is 9.05. The van der Waals surface area contributed by atoms with E-state index in [1.54, 1.807) is 18.2 Å². The largest absolute Gasteiger partial charge is 0.490 e. The number of nitro groups is 1. The number of aromatic nitrogens is 1.